The van der Waals surface area contributed by atoms with Gasteiger partial charge in [0.2, 0.25) is 0 Å². The van der Waals surface area contributed by atoms with Crippen molar-refractivity contribution >= 4 is 17.1 Å². The Labute approximate surface area is 177 Å². The van der Waals surface area contributed by atoms with E-state index < -0.39 is 11.7 Å². The van der Waals surface area contributed by atoms with Gasteiger partial charge in [0.1, 0.15) is 17.3 Å². The summed E-state index contributed by atoms with van der Waals surface area (Å²) >= 11 is 0. The third-order valence-corrected chi connectivity index (χ3v) is 5.09. The third-order valence-electron chi connectivity index (χ3n) is 5.09. The summed E-state index contributed by atoms with van der Waals surface area (Å²) < 4.78 is 17.7. The molecular formula is C24H18FN5O. The Morgan fingerprint density at radius 3 is 2.68 bits per heavy atom. The lowest BCUT2D eigenvalue weighted by Gasteiger charge is -2.11. The van der Waals surface area contributed by atoms with E-state index in [1.807, 2.05) is 47.0 Å². The number of carbonyl (C=O) groups excluding carboxylic acids is 1. The van der Waals surface area contributed by atoms with Gasteiger partial charge in [-0.3, -0.25) is 9.78 Å². The Hall–Kier alpha value is -4.26. The molecule has 0 spiro atoms. The molecule has 0 saturated heterocycles. The van der Waals surface area contributed by atoms with Gasteiger partial charge in [0.05, 0.1) is 11.9 Å². The van der Waals surface area contributed by atoms with Gasteiger partial charge in [-0.25, -0.2) is 9.07 Å². The van der Waals surface area contributed by atoms with E-state index in [1.165, 1.54) is 6.07 Å². The van der Waals surface area contributed by atoms with Crippen molar-refractivity contribution in [2.24, 2.45) is 0 Å². The van der Waals surface area contributed by atoms with Gasteiger partial charge in [-0.15, -0.1) is 0 Å². The second-order valence-electron chi connectivity index (χ2n) is 7.21. The number of anilines is 1. The van der Waals surface area contributed by atoms with E-state index in [0.717, 1.165) is 22.2 Å². The predicted octanol–water partition coefficient (Wildman–Crippen LogP) is 4.89. The molecule has 31 heavy (non-hydrogen) atoms. The quantitative estimate of drug-likeness (QED) is 0.458. The van der Waals surface area contributed by atoms with Gasteiger partial charge in [0, 0.05) is 29.7 Å². The number of hydrogen-bond acceptors (Lipinski definition) is 3. The minimum absolute atomic E-state index is 0.127. The van der Waals surface area contributed by atoms with E-state index in [9.17, 15) is 9.18 Å². The van der Waals surface area contributed by atoms with Crippen LogP contribution in [0.3, 0.4) is 0 Å². The number of amides is 1. The molecule has 0 aliphatic rings. The number of pyridine rings is 2. The zero-order chi connectivity index (χ0) is 21.4. The van der Waals surface area contributed by atoms with Crippen LogP contribution in [0.25, 0.3) is 22.5 Å². The van der Waals surface area contributed by atoms with Gasteiger partial charge >= 0.3 is 0 Å². The number of halogens is 1. The van der Waals surface area contributed by atoms with Crippen molar-refractivity contribution in [2.45, 2.75) is 6.92 Å². The minimum Gasteiger partial charge on any atom is -0.318 e. The van der Waals surface area contributed by atoms with Gasteiger partial charge in [0.25, 0.3) is 5.91 Å². The number of nitrogens with zero attached hydrogens (tertiary/aromatic N) is 4. The summed E-state index contributed by atoms with van der Waals surface area (Å²) in [6.07, 6.45) is 7.05. The van der Waals surface area contributed by atoms with E-state index in [4.69, 9.17) is 0 Å². The van der Waals surface area contributed by atoms with Crippen LogP contribution >= 0.6 is 0 Å². The molecule has 6 nitrogen and oxygen atoms in total. The zero-order valence-electron chi connectivity index (χ0n) is 16.7. The zero-order valence-corrected chi connectivity index (χ0v) is 16.7. The van der Waals surface area contributed by atoms with Crippen LogP contribution in [-0.4, -0.2) is 25.1 Å². The maximum absolute atomic E-state index is 14.2. The highest BCUT2D eigenvalue weighted by molar-refractivity contribution is 6.03. The van der Waals surface area contributed by atoms with Gasteiger partial charge < -0.3 is 9.72 Å². The number of carbonyl (C=O) groups is 1. The highest BCUT2D eigenvalue weighted by Gasteiger charge is 2.17. The number of fused-ring (bicyclic) bond motifs is 1. The molecular weight excluding hydrogens is 393 g/mol. The molecule has 4 heterocycles. The molecule has 1 amide bonds. The van der Waals surface area contributed by atoms with Crippen molar-refractivity contribution < 1.29 is 9.18 Å². The Morgan fingerprint density at radius 1 is 1.00 bits per heavy atom. The number of nitrogens with one attached hydrogen (secondary N) is 1. The Kier molecular flexibility index (Phi) is 4.55. The number of aryl methyl sites for hydroxylation is 1. The molecule has 0 bridgehead atoms. The molecule has 0 fully saturated rings. The maximum atomic E-state index is 14.2. The molecule has 0 unspecified atom stereocenters. The number of rotatable bonds is 4. The summed E-state index contributed by atoms with van der Waals surface area (Å²) in [7, 11) is 0. The minimum atomic E-state index is -0.478. The molecule has 7 heteroatoms. The molecule has 0 saturated carbocycles. The van der Waals surface area contributed by atoms with Gasteiger partial charge in [-0.1, -0.05) is 18.2 Å². The molecule has 0 aliphatic heterocycles. The topological polar surface area (TPSA) is 64.2 Å². The van der Waals surface area contributed by atoms with Crippen molar-refractivity contribution in [1.29, 1.82) is 0 Å². The van der Waals surface area contributed by atoms with Crippen molar-refractivity contribution in [1.82, 2.24) is 19.2 Å². The third kappa shape index (κ3) is 3.46. The SMILES string of the molecule is Cc1ccc(NC(=O)c2ccnn2-c2ccc3ccc(-c4cccnc4)cn23)c(F)c1. The Balaban J connectivity index is 1.53. The predicted molar refractivity (Wildman–Crippen MR) is 117 cm³/mol. The molecule has 0 radical (unpaired) electrons. The summed E-state index contributed by atoms with van der Waals surface area (Å²) in [5, 5.41) is 6.97. The standard InChI is InChI=1S/C24H18FN5O/c1-16-4-8-21(20(25)13-16)28-24(31)22-10-12-27-30(22)23-9-7-19-6-5-18(15-29(19)23)17-3-2-11-26-14-17/h2-15H,1H3,(H,28,31). The largest absolute Gasteiger partial charge is 0.318 e. The van der Waals surface area contributed by atoms with Gasteiger partial charge in [-0.2, -0.15) is 5.10 Å². The highest BCUT2D eigenvalue weighted by Crippen LogP contribution is 2.23. The average molecular weight is 411 g/mol. The summed E-state index contributed by atoms with van der Waals surface area (Å²) in [6, 6.07) is 18.0. The van der Waals surface area contributed by atoms with Crippen LogP contribution in [0.5, 0.6) is 0 Å². The van der Waals surface area contributed by atoms with Crippen LogP contribution in [0.4, 0.5) is 10.1 Å². The first kappa shape index (κ1) is 18.7. The van der Waals surface area contributed by atoms with Gasteiger partial charge in [0.15, 0.2) is 0 Å². The van der Waals surface area contributed by atoms with Crippen molar-refractivity contribution in [3.63, 3.8) is 0 Å². The number of benzene rings is 1. The van der Waals surface area contributed by atoms with Crippen LogP contribution in [0.15, 0.2) is 85.5 Å². The summed E-state index contributed by atoms with van der Waals surface area (Å²) in [6.45, 7) is 1.79. The fraction of sp³-hybridized carbons (Fsp3) is 0.0417. The Bertz CT molecular complexity index is 1400. The molecule has 1 aromatic carbocycles. The van der Waals surface area contributed by atoms with E-state index in [1.54, 1.807) is 48.4 Å². The van der Waals surface area contributed by atoms with E-state index >= 15 is 0 Å². The lowest BCUT2D eigenvalue weighted by atomic mass is 10.1. The summed E-state index contributed by atoms with van der Waals surface area (Å²) in [5.74, 6) is -0.229. The second kappa shape index (κ2) is 7.53. The van der Waals surface area contributed by atoms with Crippen molar-refractivity contribution in [2.75, 3.05) is 5.32 Å². The van der Waals surface area contributed by atoms with Crippen LogP contribution < -0.4 is 5.32 Å². The molecule has 0 aliphatic carbocycles. The molecule has 5 aromatic rings. The molecule has 0 atom stereocenters. The first-order chi connectivity index (χ1) is 15.1. The van der Waals surface area contributed by atoms with E-state index in [0.29, 0.717) is 11.5 Å². The maximum Gasteiger partial charge on any atom is 0.274 e. The molecule has 1 N–H and O–H groups in total. The van der Waals surface area contributed by atoms with Crippen LogP contribution in [0.1, 0.15) is 16.1 Å². The second-order valence-corrected chi connectivity index (χ2v) is 7.21. The van der Waals surface area contributed by atoms with Crippen molar-refractivity contribution in [3.8, 4) is 16.9 Å². The number of aromatic nitrogens is 4. The van der Waals surface area contributed by atoms with Crippen LogP contribution in [0, 0.1) is 12.7 Å². The normalized spacial score (nSPS) is 11.0. The lowest BCUT2D eigenvalue weighted by Crippen LogP contribution is -2.18. The lowest BCUT2D eigenvalue weighted by molar-refractivity contribution is 0.101. The highest BCUT2D eigenvalue weighted by atomic mass is 19.1. The van der Waals surface area contributed by atoms with E-state index in [-0.39, 0.29) is 5.69 Å². The van der Waals surface area contributed by atoms with Crippen LogP contribution in [-0.2, 0) is 0 Å². The first-order valence-corrected chi connectivity index (χ1v) is 9.73. The van der Waals surface area contributed by atoms with Gasteiger partial charge in [-0.05, 0) is 60.5 Å². The molecule has 152 valence electrons. The Morgan fingerprint density at radius 2 is 1.87 bits per heavy atom. The summed E-state index contributed by atoms with van der Waals surface area (Å²) in [4.78, 5) is 17.1. The summed E-state index contributed by atoms with van der Waals surface area (Å²) in [5.41, 5.74) is 4.13. The smallest absolute Gasteiger partial charge is 0.274 e. The average Bonchev–Trinajstić information content (AvgIpc) is 3.42. The van der Waals surface area contributed by atoms with Crippen LogP contribution in [0.2, 0.25) is 0 Å². The molecule has 5 rings (SSSR count). The fourth-order valence-corrected chi connectivity index (χ4v) is 3.53. The first-order valence-electron chi connectivity index (χ1n) is 9.73. The fourth-order valence-electron chi connectivity index (χ4n) is 3.53. The number of hydrogen-bond donors (Lipinski definition) is 1. The molecule has 4 aromatic heterocycles. The van der Waals surface area contributed by atoms with Crippen molar-refractivity contribution in [3.05, 3.63) is 103 Å². The van der Waals surface area contributed by atoms with E-state index in [2.05, 4.69) is 15.4 Å². The monoisotopic (exact) mass is 411 g/mol.